The molecule has 0 radical (unpaired) electrons. The maximum atomic E-state index is 3.47. The lowest BCUT2D eigenvalue weighted by atomic mass is 10.0. The van der Waals surface area contributed by atoms with Gasteiger partial charge in [0, 0.05) is 30.2 Å². The molecule has 2 rings (SSSR count). The lowest BCUT2D eigenvalue weighted by Crippen LogP contribution is -1.98. The summed E-state index contributed by atoms with van der Waals surface area (Å²) in [4.78, 5) is 6.90. The third-order valence-electron chi connectivity index (χ3n) is 3.92. The van der Waals surface area contributed by atoms with Gasteiger partial charge in [0.2, 0.25) is 0 Å². The zero-order valence-corrected chi connectivity index (χ0v) is 16.0. The van der Waals surface area contributed by atoms with E-state index >= 15 is 0 Å². The highest BCUT2D eigenvalue weighted by atomic mass is 14.7. The Balaban J connectivity index is 0.00000102. The molecule has 0 aromatic carbocycles. The molecule has 2 N–H and O–H groups in total. The molecule has 2 heterocycles. The standard InChI is InChI=1S/C16H24N2.2C2H6/c1-5-12-10-18-16(14(12)7-3)8-15-13(6-2)11(4)9-17-15;2*1-2/h9-10,17-18H,5-8H2,1-4H3;2*1-2H3. The Bertz CT molecular complexity index is 518. The van der Waals surface area contributed by atoms with Gasteiger partial charge in [-0.05, 0) is 48.4 Å². The minimum atomic E-state index is 1.00. The number of aromatic amines is 2. The van der Waals surface area contributed by atoms with Crippen LogP contribution >= 0.6 is 0 Å². The van der Waals surface area contributed by atoms with E-state index in [1.54, 1.807) is 0 Å². The molecule has 0 aliphatic carbocycles. The van der Waals surface area contributed by atoms with E-state index in [0.29, 0.717) is 0 Å². The molecule has 0 fully saturated rings. The highest BCUT2D eigenvalue weighted by molar-refractivity contribution is 5.37. The second-order valence-corrected chi connectivity index (χ2v) is 4.94. The fourth-order valence-electron chi connectivity index (χ4n) is 2.89. The Hall–Kier alpha value is -1.44. The Morgan fingerprint density at radius 3 is 1.73 bits per heavy atom. The second-order valence-electron chi connectivity index (χ2n) is 4.94. The summed E-state index contributed by atoms with van der Waals surface area (Å²) in [6.07, 6.45) is 8.64. The number of rotatable bonds is 5. The van der Waals surface area contributed by atoms with E-state index in [-0.39, 0.29) is 0 Å². The van der Waals surface area contributed by atoms with Gasteiger partial charge in [-0.1, -0.05) is 48.5 Å². The first-order chi connectivity index (χ1) is 10.7. The number of hydrogen-bond acceptors (Lipinski definition) is 0. The fourth-order valence-corrected chi connectivity index (χ4v) is 2.89. The molecule has 0 saturated carbocycles. The Morgan fingerprint density at radius 1 is 0.727 bits per heavy atom. The van der Waals surface area contributed by atoms with Crippen molar-refractivity contribution in [2.75, 3.05) is 0 Å². The topological polar surface area (TPSA) is 31.6 Å². The van der Waals surface area contributed by atoms with Crippen LogP contribution in [0.15, 0.2) is 12.4 Å². The van der Waals surface area contributed by atoms with Gasteiger partial charge in [-0.15, -0.1) is 0 Å². The number of hydrogen-bond donors (Lipinski definition) is 2. The van der Waals surface area contributed by atoms with E-state index in [0.717, 1.165) is 25.7 Å². The van der Waals surface area contributed by atoms with Crippen molar-refractivity contribution in [1.82, 2.24) is 9.97 Å². The van der Waals surface area contributed by atoms with E-state index < -0.39 is 0 Å². The van der Waals surface area contributed by atoms with Crippen LogP contribution in [0.2, 0.25) is 0 Å². The molecule has 0 saturated heterocycles. The minimum Gasteiger partial charge on any atom is -0.364 e. The molecule has 0 amide bonds. The largest absolute Gasteiger partial charge is 0.364 e. The molecule has 126 valence electrons. The van der Waals surface area contributed by atoms with Crippen molar-refractivity contribution in [3.05, 3.63) is 46.0 Å². The van der Waals surface area contributed by atoms with Gasteiger partial charge in [0.05, 0.1) is 0 Å². The third kappa shape index (κ3) is 4.79. The van der Waals surface area contributed by atoms with Gasteiger partial charge in [0.25, 0.3) is 0 Å². The van der Waals surface area contributed by atoms with Crippen LogP contribution in [0.25, 0.3) is 0 Å². The average Bonchev–Trinajstić information content (AvgIpc) is 3.14. The maximum absolute atomic E-state index is 3.47. The van der Waals surface area contributed by atoms with Crippen LogP contribution in [-0.2, 0) is 25.7 Å². The molecule has 2 aromatic heterocycles. The SMILES string of the molecule is CC.CC.CCc1c[nH]c(Cc2[nH]cc(C)c2CC)c1CC. The van der Waals surface area contributed by atoms with Crippen molar-refractivity contribution in [2.45, 2.75) is 81.1 Å². The summed E-state index contributed by atoms with van der Waals surface area (Å²) in [6, 6.07) is 0. The minimum absolute atomic E-state index is 1.00. The summed E-state index contributed by atoms with van der Waals surface area (Å²) in [5.41, 5.74) is 8.58. The number of nitrogens with one attached hydrogen (secondary N) is 2. The first-order valence-electron chi connectivity index (χ1n) is 9.04. The molecule has 0 spiro atoms. The Labute approximate surface area is 137 Å². The molecule has 0 unspecified atom stereocenters. The highest BCUT2D eigenvalue weighted by Crippen LogP contribution is 2.22. The molecule has 2 nitrogen and oxygen atoms in total. The van der Waals surface area contributed by atoms with Crippen molar-refractivity contribution < 1.29 is 0 Å². The number of H-pyrrole nitrogens is 2. The zero-order chi connectivity index (χ0) is 17.1. The lowest BCUT2D eigenvalue weighted by molar-refractivity contribution is 0.962. The summed E-state index contributed by atoms with van der Waals surface area (Å²) >= 11 is 0. The number of aryl methyl sites for hydroxylation is 2. The van der Waals surface area contributed by atoms with Crippen molar-refractivity contribution >= 4 is 0 Å². The molecule has 0 aliphatic heterocycles. The predicted octanol–water partition coefficient (Wildman–Crippen LogP) is 5.98. The molecule has 2 heteroatoms. The molecule has 0 atom stereocenters. The quantitative estimate of drug-likeness (QED) is 0.681. The van der Waals surface area contributed by atoms with E-state index in [1.165, 1.54) is 33.6 Å². The molecular formula is C20H36N2. The van der Waals surface area contributed by atoms with Crippen LogP contribution in [0.5, 0.6) is 0 Å². The van der Waals surface area contributed by atoms with Crippen LogP contribution in [0.1, 0.15) is 82.1 Å². The van der Waals surface area contributed by atoms with E-state index in [2.05, 4.69) is 50.1 Å². The molecule has 0 bridgehead atoms. The predicted molar refractivity (Wildman–Crippen MR) is 100.0 cm³/mol. The normalized spacial score (nSPS) is 9.64. The summed E-state index contributed by atoms with van der Waals surface area (Å²) in [5, 5.41) is 0. The van der Waals surface area contributed by atoms with Crippen molar-refractivity contribution in [1.29, 1.82) is 0 Å². The molecular weight excluding hydrogens is 268 g/mol. The van der Waals surface area contributed by atoms with Crippen LogP contribution < -0.4 is 0 Å². The Kier molecular flexibility index (Phi) is 10.4. The van der Waals surface area contributed by atoms with Gasteiger partial charge < -0.3 is 9.97 Å². The van der Waals surface area contributed by atoms with Crippen molar-refractivity contribution in [3.8, 4) is 0 Å². The van der Waals surface area contributed by atoms with Crippen LogP contribution in [0, 0.1) is 6.92 Å². The second kappa shape index (κ2) is 11.2. The Morgan fingerprint density at radius 2 is 1.23 bits per heavy atom. The maximum Gasteiger partial charge on any atom is 0.0284 e. The van der Waals surface area contributed by atoms with Crippen LogP contribution in [0.4, 0.5) is 0 Å². The monoisotopic (exact) mass is 304 g/mol. The summed E-state index contributed by atoms with van der Waals surface area (Å²) < 4.78 is 0. The molecule has 22 heavy (non-hydrogen) atoms. The summed E-state index contributed by atoms with van der Waals surface area (Å²) in [6.45, 7) is 16.9. The highest BCUT2D eigenvalue weighted by Gasteiger charge is 2.12. The smallest absolute Gasteiger partial charge is 0.0284 e. The average molecular weight is 305 g/mol. The first-order valence-corrected chi connectivity index (χ1v) is 9.04. The first kappa shape index (κ1) is 20.6. The van der Waals surface area contributed by atoms with Crippen molar-refractivity contribution in [2.24, 2.45) is 0 Å². The van der Waals surface area contributed by atoms with E-state index in [4.69, 9.17) is 0 Å². The van der Waals surface area contributed by atoms with Crippen LogP contribution in [0.3, 0.4) is 0 Å². The van der Waals surface area contributed by atoms with Gasteiger partial charge in [0.1, 0.15) is 0 Å². The lowest BCUT2D eigenvalue weighted by Gasteiger charge is -2.06. The van der Waals surface area contributed by atoms with Gasteiger partial charge in [-0.25, -0.2) is 0 Å². The third-order valence-corrected chi connectivity index (χ3v) is 3.92. The van der Waals surface area contributed by atoms with Crippen molar-refractivity contribution in [3.63, 3.8) is 0 Å². The van der Waals surface area contributed by atoms with Gasteiger partial charge >= 0.3 is 0 Å². The molecule has 2 aromatic rings. The van der Waals surface area contributed by atoms with Gasteiger partial charge in [-0.2, -0.15) is 0 Å². The summed E-state index contributed by atoms with van der Waals surface area (Å²) in [5.74, 6) is 0. The summed E-state index contributed by atoms with van der Waals surface area (Å²) in [7, 11) is 0. The van der Waals surface area contributed by atoms with Crippen LogP contribution in [-0.4, -0.2) is 9.97 Å². The number of aromatic nitrogens is 2. The zero-order valence-electron chi connectivity index (χ0n) is 16.0. The van der Waals surface area contributed by atoms with E-state index in [9.17, 15) is 0 Å². The fraction of sp³-hybridized carbons (Fsp3) is 0.600. The molecule has 0 aliphatic rings. The van der Waals surface area contributed by atoms with Gasteiger partial charge in [0.15, 0.2) is 0 Å². The van der Waals surface area contributed by atoms with Gasteiger partial charge in [-0.3, -0.25) is 0 Å². The van der Waals surface area contributed by atoms with E-state index in [1.807, 2.05) is 27.7 Å².